The van der Waals surface area contributed by atoms with Crippen LogP contribution in [0.2, 0.25) is 0 Å². The van der Waals surface area contributed by atoms with Gasteiger partial charge in [0.1, 0.15) is 11.4 Å². The van der Waals surface area contributed by atoms with E-state index in [1.54, 1.807) is 0 Å². The fraction of sp³-hybridized carbons (Fsp3) is 0.250. The number of hydrogen-bond donors (Lipinski definition) is 2. The molecule has 0 amide bonds. The molecule has 3 rings (SSSR count). The Labute approximate surface area is 107 Å². The molecule has 84 valence electrons. The third-order valence-corrected chi connectivity index (χ3v) is 3.75. The van der Waals surface area contributed by atoms with Gasteiger partial charge in [-0.15, -0.1) is 0 Å². The van der Waals surface area contributed by atoms with E-state index in [2.05, 4.69) is 42.1 Å². The number of aromatic nitrogens is 4. The van der Waals surface area contributed by atoms with E-state index in [4.69, 9.17) is 0 Å². The molecule has 1 aliphatic heterocycles. The minimum absolute atomic E-state index is 0.482. The Morgan fingerprint density at radius 1 is 0.938 bits per heavy atom. The molecule has 0 aliphatic carbocycles. The molecule has 8 heteroatoms. The maximum atomic E-state index is 10.1. The predicted octanol–water partition coefficient (Wildman–Crippen LogP) is 0.996. The molecule has 16 heavy (non-hydrogen) atoms. The maximum Gasteiger partial charge on any atom is 0.191 e. The molecule has 3 heterocycles. The Kier molecular flexibility index (Phi) is 2.22. The Morgan fingerprint density at radius 2 is 1.31 bits per heavy atom. The molecular weight excluding hydrogens is 344 g/mol. The van der Waals surface area contributed by atoms with Crippen molar-refractivity contribution < 1.29 is 10.2 Å². The maximum absolute atomic E-state index is 10.1. The number of fused-ring (bicyclic) bond motifs is 2. The Balaban J connectivity index is 2.29. The number of aliphatic hydroxyl groups is 2. The number of aliphatic hydroxyl groups excluding tert-OH is 2. The third kappa shape index (κ3) is 1.18. The molecule has 1 aliphatic rings. The van der Waals surface area contributed by atoms with Crippen LogP contribution in [0.1, 0.15) is 23.8 Å². The van der Waals surface area contributed by atoms with Gasteiger partial charge < -0.3 is 10.2 Å². The van der Waals surface area contributed by atoms with E-state index >= 15 is 0 Å². The van der Waals surface area contributed by atoms with Crippen LogP contribution in [0.25, 0.3) is 0 Å². The second kappa shape index (κ2) is 3.39. The standard InChI is InChI=1S/C8H6Br2N4O2/c9-3-1-11-13-5(3)7(15)14-6(8(13)16)4(10)2-12-14/h1-2,7-8,15-16H/t7-,8-/m0/s1. The van der Waals surface area contributed by atoms with Gasteiger partial charge in [-0.2, -0.15) is 10.2 Å². The summed E-state index contributed by atoms with van der Waals surface area (Å²) in [6, 6.07) is 0. The summed E-state index contributed by atoms with van der Waals surface area (Å²) in [6.45, 7) is 0. The first-order chi connectivity index (χ1) is 7.61. The second-order valence-corrected chi connectivity index (χ2v) is 5.10. The minimum Gasteiger partial charge on any atom is -0.367 e. The highest BCUT2D eigenvalue weighted by molar-refractivity contribution is 9.10. The highest BCUT2D eigenvalue weighted by atomic mass is 79.9. The van der Waals surface area contributed by atoms with Gasteiger partial charge in [0.05, 0.1) is 21.3 Å². The number of rotatable bonds is 0. The van der Waals surface area contributed by atoms with Crippen molar-refractivity contribution in [1.82, 2.24) is 19.6 Å². The van der Waals surface area contributed by atoms with Crippen molar-refractivity contribution in [3.63, 3.8) is 0 Å². The van der Waals surface area contributed by atoms with Crippen LogP contribution in [0.5, 0.6) is 0 Å². The van der Waals surface area contributed by atoms with Gasteiger partial charge in [0.2, 0.25) is 0 Å². The Hall–Kier alpha value is -0.700. The molecule has 0 unspecified atom stereocenters. The van der Waals surface area contributed by atoms with Gasteiger partial charge in [-0.3, -0.25) is 0 Å². The lowest BCUT2D eigenvalue weighted by atomic mass is 10.2. The van der Waals surface area contributed by atoms with Crippen LogP contribution in [-0.4, -0.2) is 29.8 Å². The topological polar surface area (TPSA) is 76.1 Å². The minimum atomic E-state index is -0.957. The molecule has 0 fully saturated rings. The van der Waals surface area contributed by atoms with Gasteiger partial charge in [-0.25, -0.2) is 9.36 Å². The summed E-state index contributed by atoms with van der Waals surface area (Å²) in [6.07, 6.45) is 1.15. The molecule has 0 aromatic carbocycles. The van der Waals surface area contributed by atoms with E-state index in [1.807, 2.05) is 0 Å². The average Bonchev–Trinajstić information content (AvgIpc) is 2.80. The number of halogens is 2. The van der Waals surface area contributed by atoms with Crippen LogP contribution in [0.15, 0.2) is 21.3 Å². The van der Waals surface area contributed by atoms with Crippen molar-refractivity contribution in [1.29, 1.82) is 0 Å². The van der Waals surface area contributed by atoms with E-state index in [0.29, 0.717) is 20.3 Å². The molecule has 0 saturated heterocycles. The Bertz CT molecular complexity index is 514. The van der Waals surface area contributed by atoms with Crippen LogP contribution in [0.4, 0.5) is 0 Å². The lowest BCUT2D eigenvalue weighted by Gasteiger charge is -2.26. The normalized spacial score (nSPS) is 23.0. The van der Waals surface area contributed by atoms with Gasteiger partial charge in [-0.05, 0) is 31.9 Å². The molecule has 2 aromatic rings. The first kappa shape index (κ1) is 10.5. The fourth-order valence-electron chi connectivity index (χ4n) is 1.81. The second-order valence-electron chi connectivity index (χ2n) is 3.39. The van der Waals surface area contributed by atoms with Gasteiger partial charge >= 0.3 is 0 Å². The lowest BCUT2D eigenvalue weighted by molar-refractivity contribution is 0.0416. The monoisotopic (exact) mass is 348 g/mol. The van der Waals surface area contributed by atoms with Crippen LogP contribution in [-0.2, 0) is 0 Å². The van der Waals surface area contributed by atoms with Gasteiger partial charge in [0.25, 0.3) is 0 Å². The summed E-state index contributed by atoms with van der Waals surface area (Å²) in [5, 5.41) is 28.2. The zero-order valence-electron chi connectivity index (χ0n) is 7.75. The van der Waals surface area contributed by atoms with Crippen molar-refractivity contribution in [3.05, 3.63) is 32.7 Å². The van der Waals surface area contributed by atoms with E-state index in [0.717, 1.165) is 0 Å². The molecular formula is C8H6Br2N4O2. The van der Waals surface area contributed by atoms with E-state index in [9.17, 15) is 10.2 Å². The zero-order chi connectivity index (χ0) is 11.4. The van der Waals surface area contributed by atoms with Crippen molar-refractivity contribution in [2.45, 2.75) is 12.5 Å². The molecule has 0 saturated carbocycles. The molecule has 0 radical (unpaired) electrons. The van der Waals surface area contributed by atoms with Gasteiger partial charge in [0.15, 0.2) is 12.5 Å². The van der Waals surface area contributed by atoms with Gasteiger partial charge in [-0.1, -0.05) is 0 Å². The first-order valence-corrected chi connectivity index (χ1v) is 6.02. The predicted molar refractivity (Wildman–Crippen MR) is 60.6 cm³/mol. The van der Waals surface area contributed by atoms with Crippen molar-refractivity contribution in [2.75, 3.05) is 0 Å². The van der Waals surface area contributed by atoms with E-state index in [-0.39, 0.29) is 0 Å². The molecule has 6 nitrogen and oxygen atoms in total. The summed E-state index contributed by atoms with van der Waals surface area (Å²) < 4.78 is 3.99. The smallest absolute Gasteiger partial charge is 0.191 e. The molecule has 0 spiro atoms. The first-order valence-electron chi connectivity index (χ1n) is 4.43. The SMILES string of the molecule is O[C@H]1c2c(Br)cnn2[C@@H](O)c2c(Br)cnn21. The Morgan fingerprint density at radius 3 is 1.69 bits per heavy atom. The quantitative estimate of drug-likeness (QED) is 0.743. The summed E-state index contributed by atoms with van der Waals surface area (Å²) in [7, 11) is 0. The van der Waals surface area contributed by atoms with Crippen molar-refractivity contribution in [3.8, 4) is 0 Å². The average molecular weight is 350 g/mol. The van der Waals surface area contributed by atoms with E-state index in [1.165, 1.54) is 21.8 Å². The van der Waals surface area contributed by atoms with Crippen LogP contribution >= 0.6 is 31.9 Å². The summed E-state index contributed by atoms with van der Waals surface area (Å²) >= 11 is 6.54. The van der Waals surface area contributed by atoms with Gasteiger partial charge in [0, 0.05) is 0 Å². The molecule has 2 atom stereocenters. The third-order valence-electron chi connectivity index (χ3n) is 2.53. The van der Waals surface area contributed by atoms with Crippen LogP contribution in [0.3, 0.4) is 0 Å². The highest BCUT2D eigenvalue weighted by Crippen LogP contribution is 2.37. The zero-order valence-corrected chi connectivity index (χ0v) is 10.9. The largest absolute Gasteiger partial charge is 0.367 e. The van der Waals surface area contributed by atoms with Crippen molar-refractivity contribution in [2.24, 2.45) is 0 Å². The fourth-order valence-corrected chi connectivity index (χ4v) is 2.76. The summed E-state index contributed by atoms with van der Waals surface area (Å²) in [4.78, 5) is 0. The summed E-state index contributed by atoms with van der Waals surface area (Å²) in [5.74, 6) is 0. The van der Waals surface area contributed by atoms with Crippen LogP contribution < -0.4 is 0 Å². The lowest BCUT2D eigenvalue weighted by Crippen LogP contribution is -2.30. The van der Waals surface area contributed by atoms with E-state index < -0.39 is 12.5 Å². The number of hydrogen-bond acceptors (Lipinski definition) is 4. The molecule has 0 bridgehead atoms. The highest BCUT2D eigenvalue weighted by Gasteiger charge is 2.34. The van der Waals surface area contributed by atoms with Crippen LogP contribution in [0, 0.1) is 0 Å². The number of nitrogens with zero attached hydrogens (tertiary/aromatic N) is 4. The summed E-state index contributed by atoms with van der Waals surface area (Å²) in [5.41, 5.74) is 0.964. The molecule has 2 N–H and O–H groups in total. The van der Waals surface area contributed by atoms with Crippen molar-refractivity contribution >= 4 is 31.9 Å². The molecule has 2 aromatic heterocycles.